The first kappa shape index (κ1) is 14.3. The van der Waals surface area contributed by atoms with Crippen molar-refractivity contribution in [3.05, 3.63) is 29.3 Å². The standard InChI is InChI=1S/C16H19ClN2O2/c1-10-5-7-12(8-6-10)18-16(20)21-14-9-11-3-2-4-13(17)15(11)19-14/h2-4,9-10,12,19H,5-8H2,1H3,(H,18,20). The van der Waals surface area contributed by atoms with Crippen molar-refractivity contribution in [1.29, 1.82) is 0 Å². The summed E-state index contributed by atoms with van der Waals surface area (Å²) in [5.41, 5.74) is 0.786. The molecule has 21 heavy (non-hydrogen) atoms. The fraction of sp³-hybridized carbons (Fsp3) is 0.438. The van der Waals surface area contributed by atoms with E-state index in [1.165, 1.54) is 0 Å². The molecule has 0 atom stereocenters. The van der Waals surface area contributed by atoms with Gasteiger partial charge in [0.15, 0.2) is 0 Å². The molecule has 1 aliphatic rings. The molecule has 2 aromatic rings. The normalized spacial score (nSPS) is 22.2. The molecule has 3 rings (SSSR count). The van der Waals surface area contributed by atoms with Crippen molar-refractivity contribution >= 4 is 28.6 Å². The molecule has 5 heteroatoms. The smallest absolute Gasteiger partial charge is 0.393 e. The topological polar surface area (TPSA) is 54.1 Å². The lowest BCUT2D eigenvalue weighted by Gasteiger charge is -2.26. The summed E-state index contributed by atoms with van der Waals surface area (Å²) >= 11 is 6.09. The van der Waals surface area contributed by atoms with Crippen LogP contribution in [-0.4, -0.2) is 17.1 Å². The van der Waals surface area contributed by atoms with E-state index in [1.54, 1.807) is 12.1 Å². The molecule has 1 aliphatic carbocycles. The first-order chi connectivity index (χ1) is 10.1. The van der Waals surface area contributed by atoms with Crippen LogP contribution in [0.2, 0.25) is 5.02 Å². The van der Waals surface area contributed by atoms with Gasteiger partial charge in [0, 0.05) is 17.5 Å². The Morgan fingerprint density at radius 2 is 2.10 bits per heavy atom. The van der Waals surface area contributed by atoms with E-state index in [0.717, 1.165) is 42.5 Å². The van der Waals surface area contributed by atoms with Gasteiger partial charge in [-0.25, -0.2) is 4.79 Å². The van der Waals surface area contributed by atoms with Gasteiger partial charge in [0.05, 0.1) is 10.5 Å². The maximum absolute atomic E-state index is 11.9. The number of rotatable bonds is 2. The fourth-order valence-electron chi connectivity index (χ4n) is 2.85. The van der Waals surface area contributed by atoms with Gasteiger partial charge in [0.1, 0.15) is 0 Å². The van der Waals surface area contributed by atoms with Gasteiger partial charge < -0.3 is 15.0 Å². The van der Waals surface area contributed by atoms with Crippen LogP contribution in [0.15, 0.2) is 24.3 Å². The van der Waals surface area contributed by atoms with Crippen LogP contribution in [0.4, 0.5) is 4.79 Å². The average Bonchev–Trinajstić information content (AvgIpc) is 2.85. The van der Waals surface area contributed by atoms with E-state index < -0.39 is 6.09 Å². The number of carbonyl (C=O) groups excluding carboxylic acids is 1. The maximum atomic E-state index is 11.9. The van der Waals surface area contributed by atoms with Crippen LogP contribution in [0, 0.1) is 5.92 Å². The number of hydrogen-bond acceptors (Lipinski definition) is 2. The molecule has 0 spiro atoms. The Morgan fingerprint density at radius 3 is 2.81 bits per heavy atom. The van der Waals surface area contributed by atoms with Crippen molar-refractivity contribution in [3.63, 3.8) is 0 Å². The second kappa shape index (κ2) is 5.98. The number of para-hydroxylation sites is 1. The summed E-state index contributed by atoms with van der Waals surface area (Å²) in [7, 11) is 0. The van der Waals surface area contributed by atoms with Gasteiger partial charge in [0.25, 0.3) is 0 Å². The highest BCUT2D eigenvalue weighted by atomic mass is 35.5. The van der Waals surface area contributed by atoms with Gasteiger partial charge in [-0.2, -0.15) is 0 Å². The van der Waals surface area contributed by atoms with Crippen molar-refractivity contribution in [2.45, 2.75) is 38.6 Å². The van der Waals surface area contributed by atoms with Crippen molar-refractivity contribution in [2.24, 2.45) is 5.92 Å². The summed E-state index contributed by atoms with van der Waals surface area (Å²) in [6, 6.07) is 7.59. The van der Waals surface area contributed by atoms with Crippen molar-refractivity contribution in [3.8, 4) is 5.88 Å². The predicted octanol–water partition coefficient (Wildman–Crippen LogP) is 4.49. The number of hydrogen-bond donors (Lipinski definition) is 2. The molecule has 1 heterocycles. The monoisotopic (exact) mass is 306 g/mol. The van der Waals surface area contributed by atoms with Crippen LogP contribution < -0.4 is 10.1 Å². The van der Waals surface area contributed by atoms with Gasteiger partial charge in [-0.15, -0.1) is 0 Å². The van der Waals surface area contributed by atoms with E-state index in [-0.39, 0.29) is 6.04 Å². The Labute approximate surface area is 128 Å². The zero-order chi connectivity index (χ0) is 14.8. The number of aromatic amines is 1. The second-order valence-corrected chi connectivity index (χ2v) is 6.24. The van der Waals surface area contributed by atoms with Gasteiger partial charge in [0.2, 0.25) is 5.88 Å². The minimum absolute atomic E-state index is 0.224. The molecule has 0 saturated heterocycles. The van der Waals surface area contributed by atoms with E-state index in [9.17, 15) is 4.79 Å². The van der Waals surface area contributed by atoms with Crippen LogP contribution in [0.5, 0.6) is 5.88 Å². The van der Waals surface area contributed by atoms with Crippen molar-refractivity contribution < 1.29 is 9.53 Å². The van der Waals surface area contributed by atoms with Crippen LogP contribution in [0.1, 0.15) is 32.6 Å². The maximum Gasteiger partial charge on any atom is 0.414 e. The summed E-state index contributed by atoms with van der Waals surface area (Å²) < 4.78 is 5.32. The Balaban J connectivity index is 1.62. The number of carbonyl (C=O) groups is 1. The highest BCUT2D eigenvalue weighted by Gasteiger charge is 2.20. The minimum Gasteiger partial charge on any atom is -0.393 e. The number of aromatic nitrogens is 1. The van der Waals surface area contributed by atoms with Crippen LogP contribution in [0.3, 0.4) is 0 Å². The molecule has 1 fully saturated rings. The summed E-state index contributed by atoms with van der Waals surface area (Å²) in [6.07, 6.45) is 3.96. The van der Waals surface area contributed by atoms with Crippen LogP contribution >= 0.6 is 11.6 Å². The lowest BCUT2D eigenvalue weighted by Crippen LogP contribution is -2.39. The average molecular weight is 307 g/mol. The Morgan fingerprint density at radius 1 is 1.33 bits per heavy atom. The molecule has 2 N–H and O–H groups in total. The zero-order valence-electron chi connectivity index (χ0n) is 12.0. The molecule has 0 aliphatic heterocycles. The Kier molecular flexibility index (Phi) is 4.06. The highest BCUT2D eigenvalue weighted by Crippen LogP contribution is 2.27. The SMILES string of the molecule is CC1CCC(NC(=O)Oc2cc3cccc(Cl)c3[nH]2)CC1. The van der Waals surface area contributed by atoms with E-state index in [2.05, 4.69) is 17.2 Å². The van der Waals surface area contributed by atoms with Crippen LogP contribution in [-0.2, 0) is 0 Å². The largest absolute Gasteiger partial charge is 0.414 e. The van der Waals surface area contributed by atoms with E-state index >= 15 is 0 Å². The number of fused-ring (bicyclic) bond motifs is 1. The Hall–Kier alpha value is -1.68. The number of halogens is 1. The highest BCUT2D eigenvalue weighted by molar-refractivity contribution is 6.35. The first-order valence-corrected chi connectivity index (χ1v) is 7.75. The van der Waals surface area contributed by atoms with Gasteiger partial charge >= 0.3 is 6.09 Å². The molecular weight excluding hydrogens is 288 g/mol. The molecule has 0 radical (unpaired) electrons. The quantitative estimate of drug-likeness (QED) is 0.859. The molecule has 112 valence electrons. The lowest BCUT2D eigenvalue weighted by atomic mass is 9.87. The third-order valence-electron chi connectivity index (χ3n) is 4.12. The third kappa shape index (κ3) is 3.32. The van der Waals surface area contributed by atoms with Crippen molar-refractivity contribution in [2.75, 3.05) is 0 Å². The molecule has 0 unspecified atom stereocenters. The predicted molar refractivity (Wildman–Crippen MR) is 83.9 cm³/mol. The number of H-pyrrole nitrogens is 1. The van der Waals surface area contributed by atoms with Crippen molar-refractivity contribution in [1.82, 2.24) is 10.3 Å². The summed E-state index contributed by atoms with van der Waals surface area (Å²) in [5, 5.41) is 4.48. The Bertz CT molecular complexity index is 645. The molecule has 1 amide bonds. The first-order valence-electron chi connectivity index (χ1n) is 7.37. The van der Waals surface area contributed by atoms with E-state index in [1.807, 2.05) is 12.1 Å². The molecular formula is C16H19ClN2O2. The molecule has 1 aromatic carbocycles. The van der Waals surface area contributed by atoms with Crippen LogP contribution in [0.25, 0.3) is 10.9 Å². The van der Waals surface area contributed by atoms with Gasteiger partial charge in [-0.1, -0.05) is 30.7 Å². The van der Waals surface area contributed by atoms with Gasteiger partial charge in [-0.05, 0) is 37.7 Å². The fourth-order valence-corrected chi connectivity index (χ4v) is 3.08. The summed E-state index contributed by atoms with van der Waals surface area (Å²) in [6.45, 7) is 2.25. The van der Waals surface area contributed by atoms with E-state index in [4.69, 9.17) is 16.3 Å². The number of ether oxygens (including phenoxy) is 1. The minimum atomic E-state index is -0.405. The van der Waals surface area contributed by atoms with E-state index in [0.29, 0.717) is 10.9 Å². The number of benzene rings is 1. The number of nitrogens with one attached hydrogen (secondary N) is 2. The zero-order valence-corrected chi connectivity index (χ0v) is 12.7. The molecule has 1 saturated carbocycles. The number of amides is 1. The third-order valence-corrected chi connectivity index (χ3v) is 4.44. The molecule has 1 aromatic heterocycles. The summed E-state index contributed by atoms with van der Waals surface area (Å²) in [4.78, 5) is 15.0. The van der Waals surface area contributed by atoms with Gasteiger partial charge in [-0.3, -0.25) is 0 Å². The molecule has 0 bridgehead atoms. The second-order valence-electron chi connectivity index (χ2n) is 5.83. The molecule has 4 nitrogen and oxygen atoms in total. The lowest BCUT2D eigenvalue weighted by molar-refractivity contribution is 0.187. The summed E-state index contributed by atoms with van der Waals surface area (Å²) in [5.74, 6) is 1.18.